The van der Waals surface area contributed by atoms with Crippen LogP contribution in [0.2, 0.25) is 0 Å². The number of Topliss-reactive ketones (excluding diaryl/α,β-unsaturated/α-hetero) is 2. The van der Waals surface area contributed by atoms with E-state index in [4.69, 9.17) is 0 Å². The molecule has 1 saturated carbocycles. The molecule has 3 nitrogen and oxygen atoms in total. The molecule has 0 unspecified atom stereocenters. The van der Waals surface area contributed by atoms with Gasteiger partial charge in [0.1, 0.15) is 0 Å². The van der Waals surface area contributed by atoms with E-state index in [9.17, 15) is 9.59 Å². The van der Waals surface area contributed by atoms with Gasteiger partial charge in [-0.05, 0) is 26.7 Å². The zero-order valence-electron chi connectivity index (χ0n) is 9.56. The second-order valence-corrected chi connectivity index (χ2v) is 5.58. The molecular weight excluding hydrogens is 190 g/mol. The van der Waals surface area contributed by atoms with Gasteiger partial charge in [-0.3, -0.25) is 14.9 Å². The number of ketones is 2. The Morgan fingerprint density at radius 3 is 2.27 bits per heavy atom. The van der Waals surface area contributed by atoms with E-state index >= 15 is 0 Å². The van der Waals surface area contributed by atoms with Crippen molar-refractivity contribution in [1.82, 2.24) is 5.32 Å². The lowest BCUT2D eigenvalue weighted by molar-refractivity contribution is -0.146. The Kier molecular flexibility index (Phi) is 2.45. The molecule has 15 heavy (non-hydrogen) atoms. The molecule has 84 valence electrons. The first-order valence-electron chi connectivity index (χ1n) is 5.82. The predicted molar refractivity (Wildman–Crippen MR) is 57.7 cm³/mol. The van der Waals surface area contributed by atoms with Crippen molar-refractivity contribution in [3.8, 4) is 0 Å². The smallest absolute Gasteiger partial charge is 0.218 e. The van der Waals surface area contributed by atoms with Crippen LogP contribution >= 0.6 is 0 Å². The van der Waals surface area contributed by atoms with Gasteiger partial charge in [0.2, 0.25) is 11.6 Å². The van der Waals surface area contributed by atoms with Crippen molar-refractivity contribution in [1.29, 1.82) is 0 Å². The van der Waals surface area contributed by atoms with E-state index in [0.717, 1.165) is 25.7 Å². The minimum Gasteiger partial charge on any atom is -0.299 e. The number of hydrogen-bond donors (Lipinski definition) is 1. The minimum absolute atomic E-state index is 0.165. The van der Waals surface area contributed by atoms with Crippen molar-refractivity contribution in [2.45, 2.75) is 63.5 Å². The lowest BCUT2D eigenvalue weighted by atomic mass is 9.71. The molecule has 3 heteroatoms. The van der Waals surface area contributed by atoms with Crippen LogP contribution in [0.15, 0.2) is 0 Å². The summed E-state index contributed by atoms with van der Waals surface area (Å²) in [4.78, 5) is 23.7. The summed E-state index contributed by atoms with van der Waals surface area (Å²) in [6.07, 6.45) is 5.31. The van der Waals surface area contributed by atoms with Gasteiger partial charge in [-0.15, -0.1) is 0 Å². The van der Waals surface area contributed by atoms with E-state index in [1.807, 2.05) is 13.8 Å². The topological polar surface area (TPSA) is 46.2 Å². The highest BCUT2D eigenvalue weighted by molar-refractivity contribution is 6.41. The molecule has 2 rings (SSSR count). The van der Waals surface area contributed by atoms with Crippen LogP contribution in [0, 0.1) is 0 Å². The van der Waals surface area contributed by atoms with Crippen LogP contribution in [-0.2, 0) is 9.59 Å². The molecule has 0 amide bonds. The van der Waals surface area contributed by atoms with Gasteiger partial charge < -0.3 is 0 Å². The molecule has 0 bridgehead atoms. The molecule has 1 N–H and O–H groups in total. The van der Waals surface area contributed by atoms with Crippen LogP contribution in [0.4, 0.5) is 0 Å². The summed E-state index contributed by atoms with van der Waals surface area (Å²) in [6.45, 7) is 4.02. The molecular formula is C12H19NO2. The Morgan fingerprint density at radius 2 is 1.67 bits per heavy atom. The van der Waals surface area contributed by atoms with Crippen LogP contribution in [0.3, 0.4) is 0 Å². The summed E-state index contributed by atoms with van der Waals surface area (Å²) in [5.41, 5.74) is -0.737. The Balaban J connectivity index is 2.28. The van der Waals surface area contributed by atoms with Gasteiger partial charge in [-0.1, -0.05) is 19.3 Å². The van der Waals surface area contributed by atoms with Crippen LogP contribution in [0.1, 0.15) is 52.4 Å². The van der Waals surface area contributed by atoms with Gasteiger partial charge >= 0.3 is 0 Å². The maximum absolute atomic E-state index is 12.0. The summed E-state index contributed by atoms with van der Waals surface area (Å²) >= 11 is 0. The first-order chi connectivity index (χ1) is 6.95. The number of carbonyl (C=O) groups is 2. The zero-order chi connectivity index (χ0) is 11.1. The average molecular weight is 209 g/mol. The molecule has 0 radical (unpaired) electrons. The van der Waals surface area contributed by atoms with Gasteiger partial charge in [0, 0.05) is 12.0 Å². The van der Waals surface area contributed by atoms with Crippen LogP contribution in [0.25, 0.3) is 0 Å². The van der Waals surface area contributed by atoms with Crippen LogP contribution < -0.4 is 5.32 Å². The van der Waals surface area contributed by atoms with Crippen molar-refractivity contribution in [2.24, 2.45) is 0 Å². The number of piperidine rings is 1. The van der Waals surface area contributed by atoms with Crippen molar-refractivity contribution in [2.75, 3.05) is 0 Å². The largest absolute Gasteiger partial charge is 0.299 e. The number of hydrogen-bond acceptors (Lipinski definition) is 3. The Hall–Kier alpha value is -0.700. The van der Waals surface area contributed by atoms with Gasteiger partial charge in [-0.2, -0.15) is 0 Å². The Bertz CT molecular complexity index is 301. The highest BCUT2D eigenvalue weighted by atomic mass is 16.2. The summed E-state index contributed by atoms with van der Waals surface area (Å²) < 4.78 is 0. The molecule has 1 spiro atoms. The lowest BCUT2D eigenvalue weighted by Gasteiger charge is -2.46. The average Bonchev–Trinajstić information content (AvgIpc) is 2.14. The number of rotatable bonds is 0. The monoisotopic (exact) mass is 209 g/mol. The fraction of sp³-hybridized carbons (Fsp3) is 0.833. The molecule has 2 aliphatic rings. The Morgan fingerprint density at radius 1 is 1.07 bits per heavy atom. The van der Waals surface area contributed by atoms with Gasteiger partial charge in [-0.25, -0.2) is 0 Å². The highest BCUT2D eigenvalue weighted by Crippen LogP contribution is 2.35. The SMILES string of the molecule is CC1(C)CC(=O)C(=O)C2(CCCCC2)N1. The van der Waals surface area contributed by atoms with Gasteiger partial charge in [0.15, 0.2) is 0 Å². The third kappa shape index (κ3) is 1.85. The summed E-state index contributed by atoms with van der Waals surface area (Å²) in [5, 5.41) is 3.42. The van der Waals surface area contributed by atoms with Crippen LogP contribution in [0.5, 0.6) is 0 Å². The molecule has 1 aliphatic heterocycles. The van der Waals surface area contributed by atoms with Crippen molar-refractivity contribution in [3.63, 3.8) is 0 Å². The van der Waals surface area contributed by atoms with Crippen molar-refractivity contribution >= 4 is 11.6 Å². The lowest BCUT2D eigenvalue weighted by Crippen LogP contribution is -2.67. The zero-order valence-corrected chi connectivity index (χ0v) is 9.56. The molecule has 0 aromatic carbocycles. The second kappa shape index (κ2) is 3.41. The quantitative estimate of drug-likeness (QED) is 0.616. The van der Waals surface area contributed by atoms with Crippen molar-refractivity contribution in [3.05, 3.63) is 0 Å². The maximum Gasteiger partial charge on any atom is 0.218 e. The van der Waals surface area contributed by atoms with E-state index in [-0.39, 0.29) is 17.1 Å². The van der Waals surface area contributed by atoms with E-state index in [0.29, 0.717) is 6.42 Å². The summed E-state index contributed by atoms with van der Waals surface area (Å²) in [6, 6.07) is 0. The van der Waals surface area contributed by atoms with Gasteiger partial charge in [0.25, 0.3) is 0 Å². The molecule has 0 atom stereocenters. The molecule has 1 saturated heterocycles. The Labute approximate surface area is 90.6 Å². The first-order valence-corrected chi connectivity index (χ1v) is 5.82. The summed E-state index contributed by atoms with van der Waals surface area (Å²) in [5.74, 6) is -0.345. The van der Waals surface area contributed by atoms with E-state index in [2.05, 4.69) is 5.32 Å². The van der Waals surface area contributed by atoms with E-state index in [1.54, 1.807) is 0 Å². The molecule has 1 heterocycles. The molecule has 0 aromatic heterocycles. The van der Waals surface area contributed by atoms with Gasteiger partial charge in [0.05, 0.1) is 5.54 Å². The maximum atomic E-state index is 12.0. The molecule has 2 fully saturated rings. The fourth-order valence-electron chi connectivity index (χ4n) is 3.00. The number of carbonyl (C=O) groups excluding carboxylic acids is 2. The number of nitrogens with one attached hydrogen (secondary N) is 1. The standard InChI is InChI=1S/C12H19NO2/c1-11(2)8-9(14)10(15)12(13-11)6-4-3-5-7-12/h13H,3-8H2,1-2H3. The minimum atomic E-state index is -0.517. The van der Waals surface area contributed by atoms with Crippen LogP contribution in [-0.4, -0.2) is 22.6 Å². The summed E-state index contributed by atoms with van der Waals surface area (Å²) in [7, 11) is 0. The molecule has 1 aliphatic carbocycles. The third-order valence-electron chi connectivity index (χ3n) is 3.58. The van der Waals surface area contributed by atoms with E-state index < -0.39 is 5.54 Å². The van der Waals surface area contributed by atoms with E-state index in [1.165, 1.54) is 6.42 Å². The highest BCUT2D eigenvalue weighted by Gasteiger charge is 2.50. The third-order valence-corrected chi connectivity index (χ3v) is 3.58. The molecule has 0 aromatic rings. The van der Waals surface area contributed by atoms with Crippen molar-refractivity contribution < 1.29 is 9.59 Å². The normalized spacial score (nSPS) is 29.5. The first kappa shape index (κ1) is 10.8. The predicted octanol–water partition coefficient (Wildman–Crippen LogP) is 1.60. The fourth-order valence-corrected chi connectivity index (χ4v) is 3.00. The second-order valence-electron chi connectivity index (χ2n) is 5.58.